The monoisotopic (exact) mass is 234 g/mol. The first-order valence-corrected chi connectivity index (χ1v) is 5.05. The molecular formula is C8H11BrOS. The van der Waals surface area contributed by atoms with Crippen LogP contribution >= 0.6 is 27.3 Å². The van der Waals surface area contributed by atoms with E-state index in [0.29, 0.717) is 0 Å². The van der Waals surface area contributed by atoms with E-state index in [1.54, 1.807) is 11.3 Å². The Kier molecular flexibility index (Phi) is 2.73. The normalized spacial score (nSPS) is 12.0. The summed E-state index contributed by atoms with van der Waals surface area (Å²) in [5, 5.41) is 9.47. The lowest BCUT2D eigenvalue weighted by Crippen LogP contribution is -2.20. The summed E-state index contributed by atoms with van der Waals surface area (Å²) in [7, 11) is 0. The third-order valence-electron chi connectivity index (χ3n) is 1.24. The second kappa shape index (κ2) is 3.25. The summed E-state index contributed by atoms with van der Waals surface area (Å²) in [6.45, 7) is 3.64. The fourth-order valence-corrected chi connectivity index (χ4v) is 2.58. The van der Waals surface area contributed by atoms with Crippen LogP contribution in [0.1, 0.15) is 18.7 Å². The van der Waals surface area contributed by atoms with E-state index in [4.69, 9.17) is 0 Å². The van der Waals surface area contributed by atoms with Crippen LogP contribution < -0.4 is 0 Å². The van der Waals surface area contributed by atoms with E-state index in [1.165, 1.54) is 4.88 Å². The maximum absolute atomic E-state index is 9.47. The molecule has 1 N–H and O–H groups in total. The largest absolute Gasteiger partial charge is 0.390 e. The van der Waals surface area contributed by atoms with Gasteiger partial charge in [-0.05, 0) is 41.9 Å². The number of hydrogen-bond acceptors (Lipinski definition) is 2. The predicted molar refractivity (Wildman–Crippen MR) is 52.0 cm³/mol. The van der Waals surface area contributed by atoms with Gasteiger partial charge in [-0.25, -0.2) is 0 Å². The van der Waals surface area contributed by atoms with Crippen molar-refractivity contribution in [1.29, 1.82) is 0 Å². The van der Waals surface area contributed by atoms with Crippen molar-refractivity contribution in [2.75, 3.05) is 0 Å². The molecule has 0 fully saturated rings. The zero-order valence-electron chi connectivity index (χ0n) is 6.60. The van der Waals surface area contributed by atoms with Gasteiger partial charge in [0.15, 0.2) is 0 Å². The molecule has 0 saturated heterocycles. The van der Waals surface area contributed by atoms with E-state index >= 15 is 0 Å². The van der Waals surface area contributed by atoms with E-state index in [1.807, 2.05) is 26.0 Å². The number of halogens is 1. The van der Waals surface area contributed by atoms with Gasteiger partial charge in [-0.15, -0.1) is 11.3 Å². The fourth-order valence-electron chi connectivity index (χ4n) is 0.873. The van der Waals surface area contributed by atoms with Crippen molar-refractivity contribution in [3.05, 3.63) is 20.8 Å². The van der Waals surface area contributed by atoms with E-state index < -0.39 is 5.60 Å². The minimum absolute atomic E-state index is 0.593. The Bertz CT molecular complexity index is 236. The minimum atomic E-state index is -0.593. The number of hydrogen-bond donors (Lipinski definition) is 1. The highest BCUT2D eigenvalue weighted by atomic mass is 79.9. The second-order valence-corrected chi connectivity index (χ2v) is 5.74. The molecule has 0 radical (unpaired) electrons. The molecule has 0 saturated carbocycles. The van der Waals surface area contributed by atoms with Gasteiger partial charge in [0.1, 0.15) is 0 Å². The number of aliphatic hydroxyl groups is 1. The van der Waals surface area contributed by atoms with Crippen LogP contribution in [0, 0.1) is 0 Å². The van der Waals surface area contributed by atoms with Gasteiger partial charge in [-0.3, -0.25) is 0 Å². The van der Waals surface area contributed by atoms with Crippen LogP contribution in [0.15, 0.2) is 15.9 Å². The van der Waals surface area contributed by atoms with Crippen LogP contribution in [0.3, 0.4) is 0 Å². The van der Waals surface area contributed by atoms with E-state index in [-0.39, 0.29) is 0 Å². The van der Waals surface area contributed by atoms with Crippen molar-refractivity contribution in [3.8, 4) is 0 Å². The summed E-state index contributed by atoms with van der Waals surface area (Å²) in [5.74, 6) is 0. The van der Waals surface area contributed by atoms with E-state index in [2.05, 4.69) is 15.9 Å². The van der Waals surface area contributed by atoms with E-state index in [9.17, 15) is 5.11 Å². The Balaban J connectivity index is 2.65. The average Bonchev–Trinajstić information content (AvgIpc) is 2.10. The summed E-state index contributed by atoms with van der Waals surface area (Å²) in [6.07, 6.45) is 0.725. The lowest BCUT2D eigenvalue weighted by atomic mass is 10.1. The minimum Gasteiger partial charge on any atom is -0.390 e. The number of rotatable bonds is 2. The Morgan fingerprint density at radius 1 is 1.55 bits per heavy atom. The van der Waals surface area contributed by atoms with Crippen molar-refractivity contribution in [1.82, 2.24) is 0 Å². The van der Waals surface area contributed by atoms with Crippen LogP contribution in [0.5, 0.6) is 0 Å². The summed E-state index contributed by atoms with van der Waals surface area (Å²) >= 11 is 5.05. The Morgan fingerprint density at radius 3 is 2.55 bits per heavy atom. The lowest BCUT2D eigenvalue weighted by Gasteiger charge is -2.14. The Morgan fingerprint density at radius 2 is 2.18 bits per heavy atom. The molecule has 0 spiro atoms. The van der Waals surface area contributed by atoms with E-state index in [0.717, 1.165) is 10.2 Å². The fraction of sp³-hybridized carbons (Fsp3) is 0.500. The molecule has 0 bridgehead atoms. The highest BCUT2D eigenvalue weighted by Gasteiger charge is 2.14. The molecule has 0 aromatic carbocycles. The van der Waals surface area contributed by atoms with Crippen molar-refractivity contribution in [3.63, 3.8) is 0 Å². The van der Waals surface area contributed by atoms with Crippen molar-refractivity contribution >= 4 is 27.3 Å². The van der Waals surface area contributed by atoms with Gasteiger partial charge >= 0.3 is 0 Å². The molecule has 1 rings (SSSR count). The SMILES string of the molecule is CC(C)(O)Cc1ccc(Br)s1. The topological polar surface area (TPSA) is 20.2 Å². The molecule has 0 unspecified atom stereocenters. The highest BCUT2D eigenvalue weighted by Crippen LogP contribution is 2.25. The smallest absolute Gasteiger partial charge is 0.0701 e. The molecule has 1 heterocycles. The first-order valence-electron chi connectivity index (χ1n) is 3.44. The Hall–Kier alpha value is 0.140. The van der Waals surface area contributed by atoms with Gasteiger partial charge in [0.05, 0.1) is 9.39 Å². The van der Waals surface area contributed by atoms with Crippen molar-refractivity contribution < 1.29 is 5.11 Å². The summed E-state index contributed by atoms with van der Waals surface area (Å²) in [6, 6.07) is 4.04. The molecule has 0 aliphatic rings. The molecule has 0 amide bonds. The van der Waals surface area contributed by atoms with Crippen LogP contribution in [-0.4, -0.2) is 10.7 Å². The van der Waals surface area contributed by atoms with Gasteiger partial charge in [-0.2, -0.15) is 0 Å². The lowest BCUT2D eigenvalue weighted by molar-refractivity contribution is 0.0818. The third-order valence-corrected chi connectivity index (χ3v) is 2.86. The van der Waals surface area contributed by atoms with Crippen LogP contribution in [-0.2, 0) is 6.42 Å². The average molecular weight is 235 g/mol. The summed E-state index contributed by atoms with van der Waals surface area (Å²) in [4.78, 5) is 1.21. The molecule has 0 atom stereocenters. The van der Waals surface area contributed by atoms with Gasteiger partial charge in [0.2, 0.25) is 0 Å². The van der Waals surface area contributed by atoms with Crippen molar-refractivity contribution in [2.24, 2.45) is 0 Å². The maximum Gasteiger partial charge on any atom is 0.0701 e. The molecule has 0 aliphatic heterocycles. The summed E-state index contributed by atoms with van der Waals surface area (Å²) in [5.41, 5.74) is -0.593. The molecule has 1 aromatic heterocycles. The molecule has 62 valence electrons. The number of thiophene rings is 1. The van der Waals surface area contributed by atoms with Crippen molar-refractivity contribution in [2.45, 2.75) is 25.9 Å². The molecular weight excluding hydrogens is 224 g/mol. The second-order valence-electron chi connectivity index (χ2n) is 3.20. The van der Waals surface area contributed by atoms with Crippen LogP contribution in [0.25, 0.3) is 0 Å². The Labute approximate surface area is 79.2 Å². The first-order chi connectivity index (χ1) is 4.97. The maximum atomic E-state index is 9.47. The molecule has 11 heavy (non-hydrogen) atoms. The highest BCUT2D eigenvalue weighted by molar-refractivity contribution is 9.11. The predicted octanol–water partition coefficient (Wildman–Crippen LogP) is 2.82. The quantitative estimate of drug-likeness (QED) is 0.835. The molecule has 1 aromatic rings. The standard InChI is InChI=1S/C8H11BrOS/c1-8(2,10)5-6-3-4-7(9)11-6/h3-4,10H,5H2,1-2H3. The molecule has 0 aliphatic carbocycles. The first kappa shape index (κ1) is 9.23. The van der Waals surface area contributed by atoms with Gasteiger partial charge in [0, 0.05) is 11.3 Å². The van der Waals surface area contributed by atoms with Crippen LogP contribution in [0.4, 0.5) is 0 Å². The van der Waals surface area contributed by atoms with Gasteiger partial charge in [0.25, 0.3) is 0 Å². The molecule has 1 nitrogen and oxygen atoms in total. The van der Waals surface area contributed by atoms with Crippen LogP contribution in [0.2, 0.25) is 0 Å². The zero-order valence-corrected chi connectivity index (χ0v) is 9.00. The molecule has 3 heteroatoms. The third kappa shape index (κ3) is 3.36. The van der Waals surface area contributed by atoms with Gasteiger partial charge in [-0.1, -0.05) is 0 Å². The zero-order chi connectivity index (χ0) is 8.48. The summed E-state index contributed by atoms with van der Waals surface area (Å²) < 4.78 is 1.12. The van der Waals surface area contributed by atoms with Gasteiger partial charge < -0.3 is 5.11 Å².